The van der Waals surface area contributed by atoms with Crippen LogP contribution in [0.3, 0.4) is 0 Å². The average Bonchev–Trinajstić information content (AvgIpc) is 3.26. The molecule has 10 heteroatoms. The monoisotopic (exact) mass is 413 g/mol. The van der Waals surface area contributed by atoms with Gasteiger partial charge < -0.3 is 14.6 Å². The van der Waals surface area contributed by atoms with Gasteiger partial charge in [0.05, 0.1) is 19.9 Å². The lowest BCUT2D eigenvalue weighted by Crippen LogP contribution is -2.39. The number of hydrogen-bond acceptors (Lipinski definition) is 6. The largest absolute Gasteiger partial charge is 0.497 e. The van der Waals surface area contributed by atoms with Gasteiger partial charge in [-0.25, -0.2) is 4.79 Å². The lowest BCUT2D eigenvalue weighted by molar-refractivity contribution is 0.277. The van der Waals surface area contributed by atoms with Gasteiger partial charge in [-0.3, -0.25) is 22.9 Å². The summed E-state index contributed by atoms with van der Waals surface area (Å²) in [6, 6.07) is 5.41. The van der Waals surface area contributed by atoms with Crippen LogP contribution in [0.4, 0.5) is 0 Å². The van der Waals surface area contributed by atoms with E-state index in [1.807, 2.05) is 17.6 Å². The van der Waals surface area contributed by atoms with Crippen LogP contribution in [0.25, 0.3) is 22.6 Å². The van der Waals surface area contributed by atoms with E-state index in [1.165, 1.54) is 4.57 Å². The molecule has 0 saturated carbocycles. The number of fused-ring (bicyclic) bond motifs is 3. The predicted molar refractivity (Wildman–Crippen MR) is 111 cm³/mol. The Morgan fingerprint density at radius 2 is 1.93 bits per heavy atom. The van der Waals surface area contributed by atoms with Gasteiger partial charge in [0.15, 0.2) is 11.2 Å². The number of methoxy groups -OCH3 is 2. The summed E-state index contributed by atoms with van der Waals surface area (Å²) in [7, 11) is 4.74. The number of rotatable bonds is 6. The Labute approximate surface area is 171 Å². The molecular weight excluding hydrogens is 390 g/mol. The first-order valence-electron chi connectivity index (χ1n) is 9.46. The summed E-state index contributed by atoms with van der Waals surface area (Å²) in [6.45, 7) is 1.92. The second-order valence-corrected chi connectivity index (χ2v) is 6.97. The third-order valence-corrected chi connectivity index (χ3v) is 5.19. The van der Waals surface area contributed by atoms with Gasteiger partial charge in [-0.05, 0) is 25.5 Å². The standard InChI is InChI=1S/C20H23N5O5/c1-12-11-24-16-17(22(2)20(28)23(18(16)27)8-5-9-26)21-19(24)25(12)14-10-13(29-3)6-7-15(14)30-4/h6-7,10-11,26H,5,8-9H2,1-4H3. The number of benzene rings is 1. The first kappa shape index (κ1) is 19.8. The topological polar surface area (TPSA) is 105 Å². The van der Waals surface area contributed by atoms with Crippen LogP contribution in [0.5, 0.6) is 11.5 Å². The fourth-order valence-corrected chi connectivity index (χ4v) is 3.71. The number of aromatic nitrogens is 5. The Morgan fingerprint density at radius 3 is 2.60 bits per heavy atom. The number of aryl methyl sites for hydroxylation is 2. The van der Waals surface area contributed by atoms with E-state index in [-0.39, 0.29) is 18.8 Å². The highest BCUT2D eigenvalue weighted by Gasteiger charge is 2.22. The fraction of sp³-hybridized carbons (Fsp3) is 0.350. The first-order valence-corrected chi connectivity index (χ1v) is 9.46. The van der Waals surface area contributed by atoms with Gasteiger partial charge in [0.2, 0.25) is 5.78 Å². The van der Waals surface area contributed by atoms with Crippen LogP contribution in [0.15, 0.2) is 34.0 Å². The second-order valence-electron chi connectivity index (χ2n) is 6.97. The van der Waals surface area contributed by atoms with Gasteiger partial charge in [0.25, 0.3) is 5.56 Å². The van der Waals surface area contributed by atoms with Crippen LogP contribution in [0, 0.1) is 6.92 Å². The third kappa shape index (κ3) is 2.79. The number of aliphatic hydroxyl groups is 1. The molecule has 158 valence electrons. The van der Waals surface area contributed by atoms with E-state index < -0.39 is 11.2 Å². The molecule has 3 aromatic heterocycles. The van der Waals surface area contributed by atoms with E-state index in [9.17, 15) is 9.59 Å². The van der Waals surface area contributed by atoms with Crippen molar-refractivity contribution in [1.82, 2.24) is 23.1 Å². The van der Waals surface area contributed by atoms with Crippen molar-refractivity contribution < 1.29 is 14.6 Å². The van der Waals surface area contributed by atoms with Crippen molar-refractivity contribution >= 4 is 16.9 Å². The van der Waals surface area contributed by atoms with Gasteiger partial charge in [-0.2, -0.15) is 4.98 Å². The summed E-state index contributed by atoms with van der Waals surface area (Å²) in [4.78, 5) is 30.4. The van der Waals surface area contributed by atoms with E-state index in [1.54, 1.807) is 44.0 Å². The van der Waals surface area contributed by atoms with Crippen molar-refractivity contribution in [3.8, 4) is 17.2 Å². The summed E-state index contributed by atoms with van der Waals surface area (Å²) in [5, 5.41) is 9.11. The zero-order valence-corrected chi connectivity index (χ0v) is 17.2. The van der Waals surface area contributed by atoms with Gasteiger partial charge in [0.1, 0.15) is 11.5 Å². The zero-order valence-electron chi connectivity index (χ0n) is 17.2. The van der Waals surface area contributed by atoms with Crippen molar-refractivity contribution in [1.29, 1.82) is 0 Å². The van der Waals surface area contributed by atoms with Crippen molar-refractivity contribution in [2.45, 2.75) is 19.9 Å². The fourth-order valence-electron chi connectivity index (χ4n) is 3.71. The molecule has 0 radical (unpaired) electrons. The number of nitrogens with zero attached hydrogens (tertiary/aromatic N) is 5. The number of ether oxygens (including phenoxy) is 2. The van der Waals surface area contributed by atoms with E-state index in [4.69, 9.17) is 14.6 Å². The van der Waals surface area contributed by atoms with Crippen LogP contribution in [-0.4, -0.2) is 49.0 Å². The highest BCUT2D eigenvalue weighted by molar-refractivity contribution is 5.77. The summed E-state index contributed by atoms with van der Waals surface area (Å²) in [5.74, 6) is 1.73. The molecule has 0 atom stereocenters. The maximum atomic E-state index is 13.1. The summed E-state index contributed by atoms with van der Waals surface area (Å²) in [6.07, 6.45) is 2.11. The first-order chi connectivity index (χ1) is 14.4. The molecule has 1 aromatic carbocycles. The number of hydrogen-bond donors (Lipinski definition) is 1. The molecule has 1 N–H and O–H groups in total. The summed E-state index contributed by atoms with van der Waals surface area (Å²) in [5.41, 5.74) is 1.20. The van der Waals surface area contributed by atoms with Crippen LogP contribution in [0.2, 0.25) is 0 Å². The molecule has 10 nitrogen and oxygen atoms in total. The van der Waals surface area contributed by atoms with Crippen molar-refractivity contribution in [2.75, 3.05) is 20.8 Å². The Kier molecular flexibility index (Phi) is 4.86. The molecule has 0 aliphatic carbocycles. The lowest BCUT2D eigenvalue weighted by Gasteiger charge is -2.12. The Bertz CT molecular complexity index is 1370. The number of imidazole rings is 2. The highest BCUT2D eigenvalue weighted by Crippen LogP contribution is 2.31. The second kappa shape index (κ2) is 7.38. The maximum Gasteiger partial charge on any atom is 0.332 e. The SMILES string of the molecule is COc1ccc(OC)c(-n2c(C)cn3c4c(=O)n(CCCO)c(=O)n(C)c4nc23)c1. The molecule has 30 heavy (non-hydrogen) atoms. The van der Waals surface area contributed by atoms with E-state index >= 15 is 0 Å². The zero-order chi connectivity index (χ0) is 21.6. The number of aliphatic hydroxyl groups excluding tert-OH is 1. The molecule has 0 spiro atoms. The van der Waals surface area contributed by atoms with Gasteiger partial charge in [-0.15, -0.1) is 0 Å². The molecule has 4 rings (SSSR count). The molecule has 0 saturated heterocycles. The van der Waals surface area contributed by atoms with Crippen LogP contribution >= 0.6 is 0 Å². The Morgan fingerprint density at radius 1 is 1.17 bits per heavy atom. The summed E-state index contributed by atoms with van der Waals surface area (Å²) >= 11 is 0. The molecular formula is C20H23N5O5. The van der Waals surface area contributed by atoms with Crippen LogP contribution in [0.1, 0.15) is 12.1 Å². The molecule has 0 amide bonds. The lowest BCUT2D eigenvalue weighted by atomic mass is 10.2. The van der Waals surface area contributed by atoms with Gasteiger partial charge >= 0.3 is 5.69 Å². The van der Waals surface area contributed by atoms with Gasteiger partial charge in [0, 0.05) is 38.2 Å². The molecule has 0 bridgehead atoms. The molecule has 0 aliphatic rings. The minimum Gasteiger partial charge on any atom is -0.497 e. The summed E-state index contributed by atoms with van der Waals surface area (Å²) < 4.78 is 16.9. The predicted octanol–water partition coefficient (Wildman–Crippen LogP) is 0.847. The van der Waals surface area contributed by atoms with Crippen molar-refractivity contribution in [3.05, 3.63) is 50.9 Å². The van der Waals surface area contributed by atoms with Crippen molar-refractivity contribution in [3.63, 3.8) is 0 Å². The minimum atomic E-state index is -0.469. The molecule has 0 unspecified atom stereocenters. The molecule has 3 heterocycles. The molecule has 4 aromatic rings. The van der Waals surface area contributed by atoms with Gasteiger partial charge in [-0.1, -0.05) is 0 Å². The van der Waals surface area contributed by atoms with E-state index in [0.29, 0.717) is 34.9 Å². The van der Waals surface area contributed by atoms with E-state index in [2.05, 4.69) is 4.98 Å². The highest BCUT2D eigenvalue weighted by atomic mass is 16.5. The third-order valence-electron chi connectivity index (χ3n) is 5.19. The maximum absolute atomic E-state index is 13.1. The van der Waals surface area contributed by atoms with E-state index in [0.717, 1.165) is 10.3 Å². The quantitative estimate of drug-likeness (QED) is 0.502. The Hall–Kier alpha value is -3.53. The van der Waals surface area contributed by atoms with Crippen LogP contribution in [-0.2, 0) is 13.6 Å². The van der Waals surface area contributed by atoms with Crippen LogP contribution < -0.4 is 20.7 Å². The smallest absolute Gasteiger partial charge is 0.332 e. The van der Waals surface area contributed by atoms with Crippen molar-refractivity contribution in [2.24, 2.45) is 7.05 Å². The minimum absolute atomic E-state index is 0.111. The molecule has 0 aliphatic heterocycles. The Balaban J connectivity index is 2.09. The average molecular weight is 413 g/mol. The normalized spacial score (nSPS) is 11.5. The molecule has 0 fully saturated rings.